The number of hydrogen-bond acceptors (Lipinski definition) is 4. The average Bonchev–Trinajstić information content (AvgIpc) is 2.79. The number of nitrogens with one attached hydrogen (secondary N) is 2. The maximum atomic E-state index is 13.7. The summed E-state index contributed by atoms with van der Waals surface area (Å²) in [5.41, 5.74) is 1.77. The largest absolute Gasteiger partial charge is 0.483 e. The zero-order valence-corrected chi connectivity index (χ0v) is 19.1. The number of para-hydroxylation sites is 2. The SMILES string of the molecule is Cc1ccccc1NC(=O)/C(C#N)=C\c1cc(Br)ccc1OCC(=O)Nc1ccccc1F. The molecule has 8 heteroatoms. The van der Waals surface area contributed by atoms with Crippen molar-refractivity contribution in [1.29, 1.82) is 5.26 Å². The van der Waals surface area contributed by atoms with Crippen molar-refractivity contribution in [2.45, 2.75) is 6.92 Å². The lowest BCUT2D eigenvalue weighted by Crippen LogP contribution is -2.21. The Bertz CT molecular complexity index is 1270. The summed E-state index contributed by atoms with van der Waals surface area (Å²) in [5.74, 6) is -1.42. The zero-order chi connectivity index (χ0) is 23.8. The second kappa shape index (κ2) is 11.1. The molecule has 0 radical (unpaired) electrons. The van der Waals surface area contributed by atoms with E-state index in [2.05, 4.69) is 26.6 Å². The molecule has 0 bridgehead atoms. The summed E-state index contributed by atoms with van der Waals surface area (Å²) in [6.07, 6.45) is 1.38. The average molecular weight is 508 g/mol. The normalized spacial score (nSPS) is 10.8. The van der Waals surface area contributed by atoms with E-state index in [9.17, 15) is 19.2 Å². The van der Waals surface area contributed by atoms with Crippen LogP contribution in [0.25, 0.3) is 6.08 Å². The zero-order valence-electron chi connectivity index (χ0n) is 17.6. The number of anilines is 2. The number of halogens is 2. The second-order valence-electron chi connectivity index (χ2n) is 6.94. The molecule has 3 rings (SSSR count). The van der Waals surface area contributed by atoms with Crippen LogP contribution in [0.15, 0.2) is 76.8 Å². The Morgan fingerprint density at radius 3 is 2.45 bits per heavy atom. The van der Waals surface area contributed by atoms with Gasteiger partial charge in [0.2, 0.25) is 0 Å². The topological polar surface area (TPSA) is 91.2 Å². The van der Waals surface area contributed by atoms with Gasteiger partial charge in [0.15, 0.2) is 6.61 Å². The molecule has 0 fully saturated rings. The molecule has 0 spiro atoms. The maximum absolute atomic E-state index is 13.7. The molecular weight excluding hydrogens is 489 g/mol. The van der Waals surface area contributed by atoms with E-state index in [0.29, 0.717) is 15.7 Å². The van der Waals surface area contributed by atoms with Crippen molar-refractivity contribution in [3.63, 3.8) is 0 Å². The molecule has 0 atom stereocenters. The maximum Gasteiger partial charge on any atom is 0.266 e. The van der Waals surface area contributed by atoms with Crippen LogP contribution in [0.3, 0.4) is 0 Å². The van der Waals surface area contributed by atoms with Gasteiger partial charge in [-0.1, -0.05) is 46.3 Å². The molecule has 0 aromatic heterocycles. The van der Waals surface area contributed by atoms with Crippen molar-refractivity contribution in [2.24, 2.45) is 0 Å². The number of carbonyl (C=O) groups is 2. The van der Waals surface area contributed by atoms with Gasteiger partial charge < -0.3 is 15.4 Å². The summed E-state index contributed by atoms with van der Waals surface area (Å²) in [7, 11) is 0. The smallest absolute Gasteiger partial charge is 0.266 e. The van der Waals surface area contributed by atoms with Crippen molar-refractivity contribution in [3.05, 3.63) is 93.7 Å². The number of carbonyl (C=O) groups excluding carboxylic acids is 2. The van der Waals surface area contributed by atoms with E-state index in [1.807, 2.05) is 25.1 Å². The summed E-state index contributed by atoms with van der Waals surface area (Å²) >= 11 is 3.35. The van der Waals surface area contributed by atoms with Gasteiger partial charge in [-0.25, -0.2) is 4.39 Å². The van der Waals surface area contributed by atoms with Gasteiger partial charge in [-0.2, -0.15) is 5.26 Å². The number of ether oxygens (including phenoxy) is 1. The minimum Gasteiger partial charge on any atom is -0.483 e. The van der Waals surface area contributed by atoms with Gasteiger partial charge in [0.25, 0.3) is 11.8 Å². The highest BCUT2D eigenvalue weighted by atomic mass is 79.9. The van der Waals surface area contributed by atoms with Crippen molar-refractivity contribution in [1.82, 2.24) is 0 Å². The molecular formula is C25H19BrFN3O3. The number of benzene rings is 3. The van der Waals surface area contributed by atoms with Gasteiger partial charge in [0.1, 0.15) is 23.2 Å². The molecule has 3 aromatic rings. The van der Waals surface area contributed by atoms with E-state index in [1.165, 1.54) is 24.3 Å². The lowest BCUT2D eigenvalue weighted by Gasteiger charge is -2.11. The van der Waals surface area contributed by atoms with E-state index in [0.717, 1.165) is 5.56 Å². The molecule has 6 nitrogen and oxygen atoms in total. The Morgan fingerprint density at radius 2 is 1.76 bits per heavy atom. The minimum absolute atomic E-state index is 0.0432. The summed E-state index contributed by atoms with van der Waals surface area (Å²) in [4.78, 5) is 24.8. The first-order valence-corrected chi connectivity index (χ1v) is 10.6. The number of rotatable bonds is 7. The number of nitrogens with zero attached hydrogens (tertiary/aromatic N) is 1. The lowest BCUT2D eigenvalue weighted by atomic mass is 10.1. The fourth-order valence-electron chi connectivity index (χ4n) is 2.86. The number of nitriles is 1. The molecule has 33 heavy (non-hydrogen) atoms. The summed E-state index contributed by atoms with van der Waals surface area (Å²) < 4.78 is 20.0. The second-order valence-corrected chi connectivity index (χ2v) is 7.85. The van der Waals surface area contributed by atoms with Crippen LogP contribution in [-0.2, 0) is 9.59 Å². The lowest BCUT2D eigenvalue weighted by molar-refractivity contribution is -0.118. The highest BCUT2D eigenvalue weighted by Gasteiger charge is 2.14. The van der Waals surface area contributed by atoms with Crippen LogP contribution in [0.5, 0.6) is 5.75 Å². The van der Waals surface area contributed by atoms with E-state index < -0.39 is 24.2 Å². The number of hydrogen-bond donors (Lipinski definition) is 2. The Balaban J connectivity index is 1.76. The highest BCUT2D eigenvalue weighted by Crippen LogP contribution is 2.26. The predicted octanol–water partition coefficient (Wildman–Crippen LogP) is 5.46. The van der Waals surface area contributed by atoms with Gasteiger partial charge in [-0.3, -0.25) is 9.59 Å². The van der Waals surface area contributed by atoms with E-state index in [1.54, 1.807) is 36.4 Å². The van der Waals surface area contributed by atoms with Gasteiger partial charge in [0, 0.05) is 15.7 Å². The third kappa shape index (κ3) is 6.51. The molecule has 0 aliphatic rings. The fraction of sp³-hybridized carbons (Fsp3) is 0.0800. The summed E-state index contributed by atoms with van der Waals surface area (Å²) in [6.45, 7) is 1.45. The first-order chi connectivity index (χ1) is 15.9. The molecule has 166 valence electrons. The molecule has 0 aliphatic carbocycles. The molecule has 0 aliphatic heterocycles. The van der Waals surface area contributed by atoms with Crippen LogP contribution < -0.4 is 15.4 Å². The number of amides is 2. The van der Waals surface area contributed by atoms with Crippen LogP contribution in [0.4, 0.5) is 15.8 Å². The molecule has 3 aromatic carbocycles. The van der Waals surface area contributed by atoms with E-state index >= 15 is 0 Å². The van der Waals surface area contributed by atoms with Crippen molar-refractivity contribution >= 4 is 45.2 Å². The van der Waals surface area contributed by atoms with Crippen molar-refractivity contribution in [3.8, 4) is 11.8 Å². The molecule has 0 saturated heterocycles. The van der Waals surface area contributed by atoms with Gasteiger partial charge in [-0.05, 0) is 55.0 Å². The standard InChI is InChI=1S/C25H19BrFN3O3/c1-16-6-2-4-8-21(16)30-25(32)18(14-28)12-17-13-19(26)10-11-23(17)33-15-24(31)29-22-9-5-3-7-20(22)27/h2-13H,15H2,1H3,(H,29,31)(H,30,32)/b18-12-. The Morgan fingerprint density at radius 1 is 1.06 bits per heavy atom. The van der Waals surface area contributed by atoms with Gasteiger partial charge in [0.05, 0.1) is 5.69 Å². The molecule has 0 heterocycles. The molecule has 0 saturated carbocycles. The predicted molar refractivity (Wildman–Crippen MR) is 128 cm³/mol. The quantitative estimate of drug-likeness (QED) is 0.328. The summed E-state index contributed by atoms with van der Waals surface area (Å²) in [5, 5.41) is 14.7. The van der Waals surface area contributed by atoms with Crippen LogP contribution in [0, 0.1) is 24.1 Å². The van der Waals surface area contributed by atoms with Gasteiger partial charge >= 0.3 is 0 Å². The fourth-order valence-corrected chi connectivity index (χ4v) is 3.24. The van der Waals surface area contributed by atoms with Crippen LogP contribution >= 0.6 is 15.9 Å². The van der Waals surface area contributed by atoms with E-state index in [4.69, 9.17) is 4.74 Å². The molecule has 0 unspecified atom stereocenters. The highest BCUT2D eigenvalue weighted by molar-refractivity contribution is 9.10. The van der Waals surface area contributed by atoms with Crippen molar-refractivity contribution in [2.75, 3.05) is 17.2 Å². The van der Waals surface area contributed by atoms with Crippen LogP contribution in [0.1, 0.15) is 11.1 Å². The Labute approximate surface area is 198 Å². The molecule has 2 N–H and O–H groups in total. The Kier molecular flexibility index (Phi) is 7.95. The van der Waals surface area contributed by atoms with Crippen LogP contribution in [-0.4, -0.2) is 18.4 Å². The monoisotopic (exact) mass is 507 g/mol. The van der Waals surface area contributed by atoms with Crippen molar-refractivity contribution < 1.29 is 18.7 Å². The third-order valence-corrected chi connectivity index (χ3v) is 5.03. The van der Waals surface area contributed by atoms with Crippen LogP contribution in [0.2, 0.25) is 0 Å². The summed E-state index contributed by atoms with van der Waals surface area (Å²) in [6, 6.07) is 19.9. The Hall–Kier alpha value is -3.96. The first kappa shape index (κ1) is 23.7. The van der Waals surface area contributed by atoms with E-state index in [-0.39, 0.29) is 17.0 Å². The number of aryl methyl sites for hydroxylation is 1. The minimum atomic E-state index is -0.574. The third-order valence-electron chi connectivity index (χ3n) is 4.54. The molecule has 2 amide bonds. The van der Waals surface area contributed by atoms with Gasteiger partial charge in [-0.15, -0.1) is 0 Å². The first-order valence-electron chi connectivity index (χ1n) is 9.83.